The molecular weight excluding hydrogens is 128 g/mol. The molecule has 0 spiro atoms. The molecule has 0 aliphatic heterocycles. The van der Waals surface area contributed by atoms with E-state index in [0.717, 1.165) is 0 Å². The molecule has 0 aromatic rings. The second kappa shape index (κ2) is 7.22. The molecule has 0 aromatic carbocycles. The van der Waals surface area contributed by atoms with Gasteiger partial charge in [-0.2, -0.15) is 9.78 Å². The van der Waals surface area contributed by atoms with E-state index in [2.05, 4.69) is 14.8 Å². The summed E-state index contributed by atoms with van der Waals surface area (Å²) in [6, 6.07) is 0. The van der Waals surface area contributed by atoms with Crippen molar-refractivity contribution in [1.29, 1.82) is 0 Å². The van der Waals surface area contributed by atoms with Gasteiger partial charge in [0.05, 0.1) is 0 Å². The van der Waals surface area contributed by atoms with Crippen LogP contribution >= 0.6 is 0 Å². The second-order valence-corrected chi connectivity index (χ2v) is 0.970. The maximum absolute atomic E-state index is 9.51. The van der Waals surface area contributed by atoms with Crippen LogP contribution in [0.1, 0.15) is 0 Å². The fraction of sp³-hybridized carbons (Fsp3) is 0.500. The van der Waals surface area contributed by atoms with Crippen molar-refractivity contribution in [1.82, 2.24) is 0 Å². The lowest BCUT2D eigenvalue weighted by Gasteiger charge is -1.93. The fourth-order valence-corrected chi connectivity index (χ4v) is 0.145. The average molecular weight is 134 g/mol. The molecule has 0 fully saturated rings. The molecule has 0 N–H and O–H groups in total. The van der Waals surface area contributed by atoms with Crippen molar-refractivity contribution >= 4 is 12.6 Å². The Bertz CT molecular complexity index is 71.0. The van der Waals surface area contributed by atoms with Crippen molar-refractivity contribution in [2.45, 2.75) is 0 Å². The molecule has 0 amide bonds. The Labute approximate surface area is 51.4 Å². The van der Waals surface area contributed by atoms with E-state index in [1.807, 2.05) is 0 Å². The summed E-state index contributed by atoms with van der Waals surface area (Å²) in [6.07, 6.45) is 0.981. The van der Waals surface area contributed by atoms with E-state index in [9.17, 15) is 9.59 Å². The van der Waals surface area contributed by atoms with Gasteiger partial charge in [-0.05, 0) is 0 Å². The molecule has 0 unspecified atom stereocenters. The molecule has 0 aliphatic rings. The number of carbonyl (C=O) groups excluding carboxylic acids is 2. The van der Waals surface area contributed by atoms with Gasteiger partial charge in [0.2, 0.25) is 0 Å². The summed E-state index contributed by atoms with van der Waals surface area (Å²) < 4.78 is 0. The van der Waals surface area contributed by atoms with Gasteiger partial charge in [0.1, 0.15) is 25.8 Å². The van der Waals surface area contributed by atoms with Crippen molar-refractivity contribution in [3.05, 3.63) is 0 Å². The summed E-state index contributed by atoms with van der Waals surface area (Å²) >= 11 is 0. The van der Waals surface area contributed by atoms with E-state index < -0.39 is 0 Å². The fourth-order valence-electron chi connectivity index (χ4n) is 0.145. The number of carbonyl (C=O) groups is 2. The van der Waals surface area contributed by atoms with Crippen LogP contribution in [0, 0.1) is 0 Å². The molecule has 5 nitrogen and oxygen atoms in total. The molecule has 0 aliphatic carbocycles. The quantitative estimate of drug-likeness (QED) is 0.207. The number of rotatable bonds is 6. The number of hydrogen-bond acceptors (Lipinski definition) is 5. The lowest BCUT2D eigenvalue weighted by atomic mass is 10.9. The molecule has 0 bridgehead atoms. The van der Waals surface area contributed by atoms with E-state index in [1.165, 1.54) is 0 Å². The van der Waals surface area contributed by atoms with E-state index in [-0.39, 0.29) is 13.2 Å². The standard InChI is InChI=1S/C4H6O5/c5-1-3-7-9-8-4-2-6/h1-2H,3-4H2. The van der Waals surface area contributed by atoms with Crippen LogP contribution in [-0.4, -0.2) is 25.8 Å². The van der Waals surface area contributed by atoms with Gasteiger partial charge in [-0.15, -0.1) is 0 Å². The molecule has 0 radical (unpaired) electrons. The molecule has 0 aromatic heterocycles. The van der Waals surface area contributed by atoms with Crippen molar-refractivity contribution in [3.8, 4) is 0 Å². The first-order valence-electron chi connectivity index (χ1n) is 2.20. The Morgan fingerprint density at radius 3 is 1.78 bits per heavy atom. The maximum Gasteiger partial charge on any atom is 0.149 e. The molecule has 0 heterocycles. The van der Waals surface area contributed by atoms with Crippen LogP contribution in [-0.2, 0) is 24.4 Å². The van der Waals surface area contributed by atoms with Gasteiger partial charge in [-0.25, -0.2) is 0 Å². The molecular formula is C4H6O5. The average Bonchev–Trinajstić information content (AvgIpc) is 1.89. The summed E-state index contributed by atoms with van der Waals surface area (Å²) in [5.41, 5.74) is 0. The first kappa shape index (κ1) is 8.22. The molecule has 9 heavy (non-hydrogen) atoms. The monoisotopic (exact) mass is 134 g/mol. The van der Waals surface area contributed by atoms with Crippen molar-refractivity contribution in [3.63, 3.8) is 0 Å². The lowest BCUT2D eigenvalue weighted by molar-refractivity contribution is -0.503. The first-order valence-corrected chi connectivity index (χ1v) is 2.20. The second-order valence-electron chi connectivity index (χ2n) is 0.970. The highest BCUT2D eigenvalue weighted by atomic mass is 17.5. The van der Waals surface area contributed by atoms with Crippen LogP contribution in [0.2, 0.25) is 0 Å². The van der Waals surface area contributed by atoms with Crippen LogP contribution in [0.3, 0.4) is 0 Å². The highest BCUT2D eigenvalue weighted by Crippen LogP contribution is 1.76. The summed E-state index contributed by atoms with van der Waals surface area (Å²) in [7, 11) is 0. The lowest BCUT2D eigenvalue weighted by Crippen LogP contribution is -2.00. The zero-order valence-electron chi connectivity index (χ0n) is 4.61. The van der Waals surface area contributed by atoms with Crippen LogP contribution < -0.4 is 0 Å². The number of hydrogen-bond donors (Lipinski definition) is 0. The van der Waals surface area contributed by atoms with Gasteiger partial charge in [-0.3, -0.25) is 0 Å². The van der Waals surface area contributed by atoms with Gasteiger partial charge in [-0.1, -0.05) is 5.04 Å². The minimum absolute atomic E-state index is 0.209. The normalized spacial score (nSPS) is 8.89. The van der Waals surface area contributed by atoms with Crippen LogP contribution in [0.25, 0.3) is 0 Å². The topological polar surface area (TPSA) is 61.8 Å². The molecule has 0 saturated carbocycles. The summed E-state index contributed by atoms with van der Waals surface area (Å²) in [5, 5.41) is 3.85. The third-order valence-corrected chi connectivity index (χ3v) is 0.368. The Morgan fingerprint density at radius 1 is 1.00 bits per heavy atom. The van der Waals surface area contributed by atoms with Gasteiger partial charge >= 0.3 is 0 Å². The first-order chi connectivity index (χ1) is 4.41. The van der Waals surface area contributed by atoms with Crippen molar-refractivity contribution in [2.24, 2.45) is 0 Å². The minimum atomic E-state index is -0.209. The number of aldehydes is 2. The van der Waals surface area contributed by atoms with Gasteiger partial charge < -0.3 is 9.59 Å². The zero-order valence-corrected chi connectivity index (χ0v) is 4.61. The molecule has 5 heteroatoms. The Hall–Kier alpha value is -0.780. The summed E-state index contributed by atoms with van der Waals surface area (Å²) in [5.74, 6) is 0. The van der Waals surface area contributed by atoms with Gasteiger partial charge in [0, 0.05) is 0 Å². The Kier molecular flexibility index (Phi) is 6.59. The summed E-state index contributed by atoms with van der Waals surface area (Å²) in [4.78, 5) is 27.1. The predicted molar refractivity (Wildman–Crippen MR) is 25.1 cm³/mol. The maximum atomic E-state index is 9.51. The third-order valence-electron chi connectivity index (χ3n) is 0.368. The molecule has 0 rings (SSSR count). The zero-order chi connectivity index (χ0) is 6.95. The van der Waals surface area contributed by atoms with E-state index >= 15 is 0 Å². The van der Waals surface area contributed by atoms with E-state index in [1.54, 1.807) is 0 Å². The van der Waals surface area contributed by atoms with Crippen molar-refractivity contribution in [2.75, 3.05) is 13.2 Å². The minimum Gasteiger partial charge on any atom is -0.301 e. The van der Waals surface area contributed by atoms with E-state index in [4.69, 9.17) is 0 Å². The highest BCUT2D eigenvalue weighted by molar-refractivity contribution is 5.50. The molecule has 52 valence electrons. The Morgan fingerprint density at radius 2 is 1.44 bits per heavy atom. The molecule has 0 atom stereocenters. The van der Waals surface area contributed by atoms with Crippen LogP contribution in [0.15, 0.2) is 0 Å². The van der Waals surface area contributed by atoms with E-state index in [0.29, 0.717) is 12.6 Å². The van der Waals surface area contributed by atoms with Gasteiger partial charge in [0.25, 0.3) is 0 Å². The largest absolute Gasteiger partial charge is 0.301 e. The SMILES string of the molecule is O=CCOOOCC=O. The van der Waals surface area contributed by atoms with Gasteiger partial charge in [0.15, 0.2) is 0 Å². The Balaban J connectivity index is 2.74. The van der Waals surface area contributed by atoms with Crippen molar-refractivity contribution < 1.29 is 24.4 Å². The van der Waals surface area contributed by atoms with Crippen LogP contribution in [0.5, 0.6) is 0 Å². The molecule has 0 saturated heterocycles. The smallest absolute Gasteiger partial charge is 0.149 e. The highest BCUT2D eigenvalue weighted by Gasteiger charge is 1.84. The summed E-state index contributed by atoms with van der Waals surface area (Å²) in [6.45, 7) is -0.419. The van der Waals surface area contributed by atoms with Crippen LogP contribution in [0.4, 0.5) is 0 Å². The predicted octanol–water partition coefficient (Wildman–Crippen LogP) is -0.736. The third kappa shape index (κ3) is 7.22.